The smallest absolute Gasteiger partial charge is 0.265 e. The summed E-state index contributed by atoms with van der Waals surface area (Å²) in [6.45, 7) is 5.03. The second-order valence-corrected chi connectivity index (χ2v) is 7.89. The molecule has 1 aliphatic heterocycles. The summed E-state index contributed by atoms with van der Waals surface area (Å²) in [6.07, 6.45) is 1.83. The molecule has 0 amide bonds. The van der Waals surface area contributed by atoms with Crippen LogP contribution >= 0.6 is 0 Å². The Hall–Kier alpha value is -3.29. The van der Waals surface area contributed by atoms with E-state index in [-0.39, 0.29) is 5.56 Å². The summed E-state index contributed by atoms with van der Waals surface area (Å²) in [7, 11) is 3.29. The van der Waals surface area contributed by atoms with Gasteiger partial charge in [0, 0.05) is 37.8 Å². The van der Waals surface area contributed by atoms with Gasteiger partial charge in [0.25, 0.3) is 5.56 Å². The van der Waals surface area contributed by atoms with Crippen LogP contribution in [-0.4, -0.2) is 61.1 Å². The third-order valence-corrected chi connectivity index (χ3v) is 6.21. The maximum Gasteiger partial charge on any atom is 0.265 e. The van der Waals surface area contributed by atoms with E-state index in [0.717, 1.165) is 67.2 Å². The first kappa shape index (κ1) is 20.6. The van der Waals surface area contributed by atoms with Crippen molar-refractivity contribution in [2.45, 2.75) is 6.54 Å². The van der Waals surface area contributed by atoms with E-state index in [1.165, 1.54) is 0 Å². The molecular formula is C25H27N3O4. The largest absolute Gasteiger partial charge is 0.495 e. The molecule has 1 fully saturated rings. The van der Waals surface area contributed by atoms with Gasteiger partial charge in [-0.25, -0.2) is 0 Å². The lowest BCUT2D eigenvalue weighted by Crippen LogP contribution is -2.38. The van der Waals surface area contributed by atoms with E-state index < -0.39 is 0 Å². The van der Waals surface area contributed by atoms with Gasteiger partial charge >= 0.3 is 0 Å². The van der Waals surface area contributed by atoms with E-state index in [0.29, 0.717) is 11.1 Å². The molecule has 32 heavy (non-hydrogen) atoms. The highest BCUT2D eigenvalue weighted by atomic mass is 16.5. The zero-order valence-electron chi connectivity index (χ0n) is 18.4. The third-order valence-electron chi connectivity index (χ3n) is 6.21. The molecule has 0 atom stereocenters. The summed E-state index contributed by atoms with van der Waals surface area (Å²) >= 11 is 0. The average Bonchev–Trinajstić information content (AvgIpc) is 3.18. The molecule has 4 aromatic rings. The van der Waals surface area contributed by atoms with Gasteiger partial charge in [-0.3, -0.25) is 14.3 Å². The van der Waals surface area contributed by atoms with E-state index in [4.69, 9.17) is 14.2 Å². The molecule has 1 saturated heterocycles. The molecule has 0 unspecified atom stereocenters. The Kier molecular flexibility index (Phi) is 5.59. The second-order valence-electron chi connectivity index (χ2n) is 7.89. The molecule has 0 saturated carbocycles. The Labute approximate surface area is 186 Å². The standard InChI is InChI=1S/C25H27N3O4/c1-30-21-8-4-3-7-19(21)28-11-10-20-23(25(28)29)18-6-5-9-22(31-2)24(18)27(20)13-12-26-14-16-32-17-15-26/h3-11H,12-17H2,1-2H3. The molecule has 1 aliphatic rings. The minimum atomic E-state index is -0.0737. The molecule has 166 valence electrons. The maximum absolute atomic E-state index is 13.8. The molecule has 7 heteroatoms. The maximum atomic E-state index is 13.8. The predicted molar refractivity (Wildman–Crippen MR) is 125 cm³/mol. The van der Waals surface area contributed by atoms with Crippen molar-refractivity contribution < 1.29 is 14.2 Å². The number of hydrogen-bond acceptors (Lipinski definition) is 5. The molecule has 0 N–H and O–H groups in total. The van der Waals surface area contributed by atoms with Crippen LogP contribution in [0.15, 0.2) is 59.5 Å². The predicted octanol–water partition coefficient (Wildman–Crippen LogP) is 3.29. The van der Waals surface area contributed by atoms with E-state index in [2.05, 4.69) is 9.47 Å². The second kappa shape index (κ2) is 8.68. The highest BCUT2D eigenvalue weighted by Crippen LogP contribution is 2.34. The van der Waals surface area contributed by atoms with Crippen LogP contribution in [0.3, 0.4) is 0 Å². The van der Waals surface area contributed by atoms with Gasteiger partial charge in [0.2, 0.25) is 0 Å². The zero-order valence-corrected chi connectivity index (χ0v) is 18.4. The van der Waals surface area contributed by atoms with Gasteiger partial charge in [-0.15, -0.1) is 0 Å². The van der Waals surface area contributed by atoms with E-state index in [1.54, 1.807) is 18.8 Å². The number of pyridine rings is 1. The lowest BCUT2D eigenvalue weighted by Gasteiger charge is -2.27. The number of aromatic nitrogens is 2. The fourth-order valence-corrected chi connectivity index (χ4v) is 4.61. The number of nitrogens with zero attached hydrogens (tertiary/aromatic N) is 3. The van der Waals surface area contributed by atoms with Crippen molar-refractivity contribution in [3.8, 4) is 17.2 Å². The van der Waals surface area contributed by atoms with Crippen LogP contribution in [0.2, 0.25) is 0 Å². The van der Waals surface area contributed by atoms with Gasteiger partial charge < -0.3 is 18.8 Å². The molecular weight excluding hydrogens is 406 g/mol. The fourth-order valence-electron chi connectivity index (χ4n) is 4.61. The number of methoxy groups -OCH3 is 2. The van der Waals surface area contributed by atoms with Crippen molar-refractivity contribution >= 4 is 21.8 Å². The molecule has 2 aromatic heterocycles. The van der Waals surface area contributed by atoms with Gasteiger partial charge in [-0.1, -0.05) is 24.3 Å². The van der Waals surface area contributed by atoms with Crippen LogP contribution < -0.4 is 15.0 Å². The summed E-state index contributed by atoms with van der Waals surface area (Å²) in [5, 5.41) is 1.59. The van der Waals surface area contributed by atoms with Crippen molar-refractivity contribution in [1.29, 1.82) is 0 Å². The quantitative estimate of drug-likeness (QED) is 0.467. The Morgan fingerprint density at radius 3 is 2.44 bits per heavy atom. The number of fused-ring (bicyclic) bond motifs is 3. The highest BCUT2D eigenvalue weighted by Gasteiger charge is 2.20. The zero-order chi connectivity index (χ0) is 22.1. The molecule has 7 nitrogen and oxygen atoms in total. The van der Waals surface area contributed by atoms with Crippen molar-refractivity contribution in [1.82, 2.24) is 14.0 Å². The van der Waals surface area contributed by atoms with E-state index in [1.807, 2.05) is 54.7 Å². The molecule has 0 spiro atoms. The average molecular weight is 434 g/mol. The Morgan fingerprint density at radius 1 is 0.906 bits per heavy atom. The number of hydrogen-bond donors (Lipinski definition) is 0. The van der Waals surface area contributed by atoms with Crippen molar-refractivity contribution in [3.63, 3.8) is 0 Å². The van der Waals surface area contributed by atoms with Crippen LogP contribution in [-0.2, 0) is 11.3 Å². The molecule has 0 radical (unpaired) electrons. The Bertz CT molecular complexity index is 1320. The van der Waals surface area contributed by atoms with E-state index >= 15 is 0 Å². The van der Waals surface area contributed by atoms with Crippen LogP contribution in [0.4, 0.5) is 0 Å². The lowest BCUT2D eigenvalue weighted by molar-refractivity contribution is 0.0366. The summed E-state index contributed by atoms with van der Waals surface area (Å²) in [4.78, 5) is 16.2. The molecule has 3 heterocycles. The van der Waals surface area contributed by atoms with Gasteiger partial charge in [0.05, 0.1) is 49.5 Å². The van der Waals surface area contributed by atoms with Crippen molar-refractivity contribution in [2.75, 3.05) is 47.1 Å². The topological polar surface area (TPSA) is 57.9 Å². The molecule has 5 rings (SSSR count). The highest BCUT2D eigenvalue weighted by molar-refractivity contribution is 6.09. The fraction of sp³-hybridized carbons (Fsp3) is 0.320. The van der Waals surface area contributed by atoms with E-state index in [9.17, 15) is 4.79 Å². The normalized spacial score (nSPS) is 14.8. The Morgan fingerprint density at radius 2 is 1.66 bits per heavy atom. The molecule has 0 bridgehead atoms. The summed E-state index contributed by atoms with van der Waals surface area (Å²) in [5.41, 5.74) is 2.51. The molecule has 0 aliphatic carbocycles. The number of ether oxygens (including phenoxy) is 3. The van der Waals surface area contributed by atoms with Gasteiger partial charge in [0.15, 0.2) is 0 Å². The number of para-hydroxylation sites is 3. The first-order valence-corrected chi connectivity index (χ1v) is 10.9. The number of benzene rings is 2. The van der Waals surface area contributed by atoms with Gasteiger partial charge in [-0.2, -0.15) is 0 Å². The van der Waals surface area contributed by atoms with Crippen LogP contribution in [0.1, 0.15) is 0 Å². The molecule has 2 aromatic carbocycles. The van der Waals surface area contributed by atoms with Crippen LogP contribution in [0.25, 0.3) is 27.5 Å². The minimum absolute atomic E-state index is 0.0737. The monoisotopic (exact) mass is 433 g/mol. The number of rotatable bonds is 6. The van der Waals surface area contributed by atoms with Crippen LogP contribution in [0, 0.1) is 0 Å². The Balaban J connectivity index is 1.70. The number of morpholine rings is 1. The van der Waals surface area contributed by atoms with Crippen molar-refractivity contribution in [3.05, 3.63) is 65.1 Å². The third kappa shape index (κ3) is 3.43. The SMILES string of the molecule is COc1ccccc1-n1ccc2c(c1=O)c1cccc(OC)c1n2CCN1CCOCC1. The summed E-state index contributed by atoms with van der Waals surface area (Å²) in [6, 6.07) is 15.5. The summed E-state index contributed by atoms with van der Waals surface area (Å²) < 4.78 is 20.6. The van der Waals surface area contributed by atoms with Crippen LogP contribution in [0.5, 0.6) is 11.5 Å². The minimum Gasteiger partial charge on any atom is -0.495 e. The first-order chi connectivity index (χ1) is 15.7. The van der Waals surface area contributed by atoms with Gasteiger partial charge in [-0.05, 0) is 24.3 Å². The lowest BCUT2D eigenvalue weighted by atomic mass is 10.2. The van der Waals surface area contributed by atoms with Crippen molar-refractivity contribution in [2.24, 2.45) is 0 Å². The van der Waals surface area contributed by atoms with Gasteiger partial charge in [0.1, 0.15) is 11.5 Å². The summed E-state index contributed by atoms with van der Waals surface area (Å²) in [5.74, 6) is 1.42. The first-order valence-electron chi connectivity index (χ1n) is 10.9.